The van der Waals surface area contributed by atoms with Gasteiger partial charge in [0.2, 0.25) is 0 Å². The van der Waals surface area contributed by atoms with Crippen LogP contribution >= 0.6 is 10.3 Å². The minimum absolute atomic E-state index is 0.378. The second-order valence-corrected chi connectivity index (χ2v) is 12.6. The molecule has 3 aromatic rings. The minimum Gasteiger partial charge on any atom is -0.200 e. The number of hydrogen-bond acceptors (Lipinski definition) is 3. The van der Waals surface area contributed by atoms with Crippen molar-refractivity contribution in [3.05, 3.63) is 88.0 Å². The van der Waals surface area contributed by atoms with Crippen molar-refractivity contribution in [1.29, 1.82) is 0 Å². The monoisotopic (exact) mass is 496 g/mol. The standard InChI is InChI=1S/C25H27F3O3S2/c1-16-12-18(3)23(19(4)13-16)32(22-10-8-7-9-11-22,31-33(29,30)25(26,27)28)24-20(5)14-17(2)15-21(24)6/h7-15H,1-6H3. The van der Waals surface area contributed by atoms with Crippen LogP contribution in [0.2, 0.25) is 0 Å². The summed E-state index contributed by atoms with van der Waals surface area (Å²) in [6, 6.07) is 15.7. The Kier molecular flexibility index (Phi) is 6.77. The van der Waals surface area contributed by atoms with Gasteiger partial charge in [-0.2, -0.15) is 25.2 Å². The van der Waals surface area contributed by atoms with Crippen LogP contribution in [0.3, 0.4) is 0 Å². The lowest BCUT2D eigenvalue weighted by molar-refractivity contribution is -0.0496. The van der Waals surface area contributed by atoms with Crippen LogP contribution in [0.15, 0.2) is 69.3 Å². The van der Waals surface area contributed by atoms with Crippen molar-refractivity contribution in [3.8, 4) is 0 Å². The molecule has 0 unspecified atom stereocenters. The molecule has 0 aliphatic carbocycles. The summed E-state index contributed by atoms with van der Waals surface area (Å²) in [6.07, 6.45) is 0. The first-order valence-corrected chi connectivity index (χ1v) is 13.2. The van der Waals surface area contributed by atoms with Gasteiger partial charge in [-0.25, -0.2) is 0 Å². The molecule has 0 fully saturated rings. The highest BCUT2D eigenvalue weighted by Gasteiger charge is 2.53. The zero-order valence-corrected chi connectivity index (χ0v) is 21.0. The Morgan fingerprint density at radius 3 is 1.36 bits per heavy atom. The lowest BCUT2D eigenvalue weighted by Gasteiger charge is -2.43. The van der Waals surface area contributed by atoms with E-state index in [2.05, 4.69) is 0 Å². The summed E-state index contributed by atoms with van der Waals surface area (Å²) >= 11 is 0. The lowest BCUT2D eigenvalue weighted by atomic mass is 10.1. The fourth-order valence-electron chi connectivity index (χ4n) is 4.47. The Morgan fingerprint density at radius 1 is 0.667 bits per heavy atom. The van der Waals surface area contributed by atoms with Crippen molar-refractivity contribution in [1.82, 2.24) is 0 Å². The molecule has 3 rings (SSSR count). The van der Waals surface area contributed by atoms with Crippen LogP contribution in [-0.2, 0) is 13.7 Å². The quantitative estimate of drug-likeness (QED) is 0.342. The summed E-state index contributed by atoms with van der Waals surface area (Å²) in [5, 5.41) is 0. The van der Waals surface area contributed by atoms with E-state index in [-0.39, 0.29) is 0 Å². The highest BCUT2D eigenvalue weighted by Crippen LogP contribution is 2.73. The maximum atomic E-state index is 13.7. The molecule has 0 saturated heterocycles. The topological polar surface area (TPSA) is 43.4 Å². The SMILES string of the molecule is Cc1cc(C)c(S(OS(=O)(=O)C(F)(F)F)(c2ccccc2)c2c(C)cc(C)cc2C)c(C)c1. The Balaban J connectivity index is 2.62. The van der Waals surface area contributed by atoms with Gasteiger partial charge in [0.1, 0.15) is 0 Å². The largest absolute Gasteiger partial charge is 0.524 e. The molecule has 0 heterocycles. The molecule has 33 heavy (non-hydrogen) atoms. The molecule has 0 radical (unpaired) electrons. The van der Waals surface area contributed by atoms with Crippen LogP contribution in [0.4, 0.5) is 13.2 Å². The zero-order valence-electron chi connectivity index (χ0n) is 19.4. The predicted octanol–water partition coefficient (Wildman–Crippen LogP) is 7.60. The first kappa shape index (κ1) is 25.3. The molecule has 0 amide bonds. The fraction of sp³-hybridized carbons (Fsp3) is 0.280. The predicted molar refractivity (Wildman–Crippen MR) is 126 cm³/mol. The van der Waals surface area contributed by atoms with Gasteiger partial charge in [-0.3, -0.25) is 0 Å². The summed E-state index contributed by atoms with van der Waals surface area (Å²) in [7, 11) is -9.29. The van der Waals surface area contributed by atoms with Crippen molar-refractivity contribution in [2.75, 3.05) is 0 Å². The van der Waals surface area contributed by atoms with Crippen molar-refractivity contribution >= 4 is 20.4 Å². The second-order valence-electron chi connectivity index (χ2n) is 8.29. The normalized spacial score (nSPS) is 13.2. The molecular formula is C25H27F3O3S2. The maximum Gasteiger partial charge on any atom is 0.524 e. The van der Waals surface area contributed by atoms with Gasteiger partial charge in [0.25, 0.3) is 0 Å². The van der Waals surface area contributed by atoms with E-state index < -0.39 is 25.9 Å². The number of aryl methyl sites for hydroxylation is 6. The highest BCUT2D eigenvalue weighted by atomic mass is 32.3. The number of benzene rings is 3. The minimum atomic E-state index is -5.95. The van der Waals surface area contributed by atoms with Gasteiger partial charge < -0.3 is 0 Å². The third-order valence-electron chi connectivity index (χ3n) is 5.33. The van der Waals surface area contributed by atoms with E-state index >= 15 is 0 Å². The fourth-order valence-corrected chi connectivity index (χ4v) is 9.98. The van der Waals surface area contributed by atoms with E-state index in [0.717, 1.165) is 11.1 Å². The summed E-state index contributed by atoms with van der Waals surface area (Å²) < 4.78 is 72.0. The molecule has 0 spiro atoms. The van der Waals surface area contributed by atoms with E-state index in [4.69, 9.17) is 3.63 Å². The molecule has 178 valence electrons. The van der Waals surface area contributed by atoms with Gasteiger partial charge in [0.05, 0.1) is 0 Å². The van der Waals surface area contributed by atoms with Crippen LogP contribution in [0, 0.1) is 41.5 Å². The third kappa shape index (κ3) is 4.56. The van der Waals surface area contributed by atoms with Crippen LogP contribution in [0.1, 0.15) is 33.4 Å². The summed E-state index contributed by atoms with van der Waals surface area (Å²) in [6.45, 7) is 10.9. The van der Waals surface area contributed by atoms with Crippen LogP contribution in [0.25, 0.3) is 0 Å². The molecule has 0 aliphatic heterocycles. The van der Waals surface area contributed by atoms with Crippen molar-refractivity contribution in [2.24, 2.45) is 0 Å². The Bertz CT molecular complexity index is 1190. The molecule has 3 nitrogen and oxygen atoms in total. The molecule has 0 atom stereocenters. The average Bonchev–Trinajstić information content (AvgIpc) is 2.65. The smallest absolute Gasteiger partial charge is 0.200 e. The Labute approximate surface area is 195 Å². The van der Waals surface area contributed by atoms with Crippen LogP contribution in [0.5, 0.6) is 0 Å². The molecule has 3 aromatic carbocycles. The van der Waals surface area contributed by atoms with Crippen LogP contribution < -0.4 is 0 Å². The van der Waals surface area contributed by atoms with E-state index in [1.165, 1.54) is 0 Å². The van der Waals surface area contributed by atoms with E-state index in [1.54, 1.807) is 58.0 Å². The summed E-state index contributed by atoms with van der Waals surface area (Å²) in [5.41, 5.74) is -1.05. The molecule has 0 saturated carbocycles. The van der Waals surface area contributed by atoms with Gasteiger partial charge >= 0.3 is 15.6 Å². The maximum absolute atomic E-state index is 13.7. The second kappa shape index (κ2) is 8.81. The zero-order chi connectivity index (χ0) is 24.8. The van der Waals surface area contributed by atoms with Crippen molar-refractivity contribution in [3.63, 3.8) is 0 Å². The molecule has 0 aliphatic rings. The first-order valence-electron chi connectivity index (χ1n) is 10.3. The van der Waals surface area contributed by atoms with Gasteiger partial charge in [-0.1, -0.05) is 53.6 Å². The average molecular weight is 497 g/mol. The molecular weight excluding hydrogens is 469 g/mol. The van der Waals surface area contributed by atoms with Gasteiger partial charge in [0, 0.05) is 14.7 Å². The number of halogens is 3. The molecule has 0 aromatic heterocycles. The lowest BCUT2D eigenvalue weighted by Crippen LogP contribution is -2.28. The third-order valence-corrected chi connectivity index (χ3v) is 10.8. The van der Waals surface area contributed by atoms with E-state index in [9.17, 15) is 21.6 Å². The van der Waals surface area contributed by atoms with E-state index in [1.807, 2.05) is 38.1 Å². The van der Waals surface area contributed by atoms with Crippen LogP contribution in [-0.4, -0.2) is 13.9 Å². The molecule has 0 N–H and O–H groups in total. The Hall–Kier alpha value is -2.29. The number of rotatable bonds is 5. The highest BCUT2D eigenvalue weighted by molar-refractivity contribution is 8.33. The Morgan fingerprint density at radius 2 is 1.03 bits per heavy atom. The molecule has 0 bridgehead atoms. The van der Waals surface area contributed by atoms with E-state index in [0.29, 0.717) is 36.9 Å². The van der Waals surface area contributed by atoms with Gasteiger partial charge in [-0.15, -0.1) is 0 Å². The summed E-state index contributed by atoms with van der Waals surface area (Å²) in [4.78, 5) is 1.30. The van der Waals surface area contributed by atoms with Gasteiger partial charge in [-0.05, 0) is 86.2 Å². The number of hydrogen-bond donors (Lipinski definition) is 0. The van der Waals surface area contributed by atoms with Crippen molar-refractivity contribution in [2.45, 2.75) is 61.7 Å². The number of alkyl halides is 3. The summed E-state index contributed by atoms with van der Waals surface area (Å²) in [5.74, 6) is 0. The molecule has 8 heteroatoms. The first-order chi connectivity index (χ1) is 15.2. The van der Waals surface area contributed by atoms with Crippen molar-refractivity contribution < 1.29 is 25.2 Å². The van der Waals surface area contributed by atoms with Gasteiger partial charge in [0.15, 0.2) is 0 Å².